The zero-order valence-corrected chi connectivity index (χ0v) is 12.7. The average molecular weight is 319 g/mol. The molecule has 0 aromatic carbocycles. The van der Waals surface area contributed by atoms with E-state index in [0.29, 0.717) is 12.5 Å². The molecular weight excluding hydrogens is 302 g/mol. The van der Waals surface area contributed by atoms with E-state index in [0.717, 1.165) is 43.1 Å². The van der Waals surface area contributed by atoms with E-state index in [9.17, 15) is 18.5 Å². The Kier molecular flexibility index (Phi) is 4.31. The lowest BCUT2D eigenvalue weighted by Crippen LogP contribution is -2.30. The van der Waals surface area contributed by atoms with Crippen LogP contribution in [0.1, 0.15) is 25.7 Å². The quantitative estimate of drug-likeness (QED) is 0.660. The fourth-order valence-corrected chi connectivity index (χ4v) is 5.12. The molecule has 0 amide bonds. The summed E-state index contributed by atoms with van der Waals surface area (Å²) in [7, 11) is -2.18. The van der Waals surface area contributed by atoms with E-state index in [2.05, 4.69) is 0 Å². The summed E-state index contributed by atoms with van der Waals surface area (Å²) in [6.07, 6.45) is 4.34. The molecule has 1 aromatic rings. The highest BCUT2D eigenvalue weighted by molar-refractivity contribution is 7.91. The summed E-state index contributed by atoms with van der Waals surface area (Å²) >= 11 is 0.742. The third kappa shape index (κ3) is 2.94. The van der Waals surface area contributed by atoms with Gasteiger partial charge < -0.3 is 5.73 Å². The van der Waals surface area contributed by atoms with Gasteiger partial charge in [-0.15, -0.1) is 0 Å². The van der Waals surface area contributed by atoms with Gasteiger partial charge in [-0.05, 0) is 18.8 Å². The van der Waals surface area contributed by atoms with Gasteiger partial charge in [0.1, 0.15) is 4.21 Å². The number of nitrogens with two attached hydrogens (primary N) is 1. The normalized spacial score (nSPS) is 16.9. The molecule has 2 N–H and O–H groups in total. The van der Waals surface area contributed by atoms with Crippen molar-refractivity contribution in [3.63, 3.8) is 0 Å². The molecule has 7 nitrogen and oxygen atoms in total. The second kappa shape index (κ2) is 5.66. The predicted molar refractivity (Wildman–Crippen MR) is 77.2 cm³/mol. The third-order valence-electron chi connectivity index (χ3n) is 3.57. The second-order valence-corrected chi connectivity index (χ2v) is 8.36. The summed E-state index contributed by atoms with van der Waals surface area (Å²) in [4.78, 5) is 10.1. The van der Waals surface area contributed by atoms with Gasteiger partial charge in [-0.2, -0.15) is 4.31 Å². The van der Waals surface area contributed by atoms with E-state index in [4.69, 9.17) is 5.73 Å². The zero-order chi connectivity index (χ0) is 14.9. The maximum Gasteiger partial charge on any atom is 0.304 e. The topological polar surface area (TPSA) is 107 Å². The Morgan fingerprint density at radius 3 is 2.60 bits per heavy atom. The number of rotatable bonds is 5. The van der Waals surface area contributed by atoms with Crippen LogP contribution >= 0.6 is 11.3 Å². The minimum Gasteiger partial charge on any atom is -0.385 e. The first kappa shape index (κ1) is 15.2. The predicted octanol–water partition coefficient (Wildman–Crippen LogP) is 2.05. The molecule has 20 heavy (non-hydrogen) atoms. The van der Waals surface area contributed by atoms with Gasteiger partial charge >= 0.3 is 5.69 Å². The smallest absolute Gasteiger partial charge is 0.304 e. The molecule has 1 fully saturated rings. The van der Waals surface area contributed by atoms with Gasteiger partial charge in [0.15, 0.2) is 5.00 Å². The molecule has 9 heteroatoms. The lowest BCUT2D eigenvalue weighted by atomic mass is 10.1. The lowest BCUT2D eigenvalue weighted by Gasteiger charge is -2.19. The van der Waals surface area contributed by atoms with Crippen LogP contribution in [0.2, 0.25) is 0 Å². The molecule has 2 rings (SSSR count). The molecule has 1 aliphatic rings. The Morgan fingerprint density at radius 1 is 1.50 bits per heavy atom. The van der Waals surface area contributed by atoms with Gasteiger partial charge in [-0.3, -0.25) is 10.1 Å². The molecule has 112 valence electrons. The summed E-state index contributed by atoms with van der Waals surface area (Å²) < 4.78 is 25.9. The highest BCUT2D eigenvalue weighted by Gasteiger charge is 2.30. The highest BCUT2D eigenvalue weighted by atomic mass is 32.2. The van der Waals surface area contributed by atoms with E-state index in [1.54, 1.807) is 0 Å². The summed E-state index contributed by atoms with van der Waals surface area (Å²) in [5.74, 6) is 0.377. The van der Waals surface area contributed by atoms with E-state index in [1.165, 1.54) is 11.4 Å². The first-order valence-electron chi connectivity index (χ1n) is 6.32. The Balaban J connectivity index is 2.20. The number of nitrogen functional groups attached to an aromatic ring is 1. The summed E-state index contributed by atoms with van der Waals surface area (Å²) in [5, 5.41) is 10.7. The maximum atomic E-state index is 12.4. The van der Waals surface area contributed by atoms with Gasteiger partial charge in [0.05, 0.1) is 4.92 Å². The van der Waals surface area contributed by atoms with Crippen molar-refractivity contribution < 1.29 is 13.3 Å². The van der Waals surface area contributed by atoms with Crippen LogP contribution in [0, 0.1) is 16.0 Å². The molecule has 1 heterocycles. The number of nitro groups is 1. The Bertz CT molecular complexity index is 605. The molecule has 1 aromatic heterocycles. The highest BCUT2D eigenvalue weighted by Crippen LogP contribution is 2.36. The van der Waals surface area contributed by atoms with Gasteiger partial charge in [-0.1, -0.05) is 24.2 Å². The molecule has 1 saturated carbocycles. The van der Waals surface area contributed by atoms with Crippen molar-refractivity contribution in [3.8, 4) is 0 Å². The lowest BCUT2D eigenvalue weighted by molar-refractivity contribution is -0.383. The number of thiophene rings is 1. The number of sulfonamides is 1. The van der Waals surface area contributed by atoms with Crippen molar-refractivity contribution in [2.75, 3.05) is 19.3 Å². The van der Waals surface area contributed by atoms with Gasteiger partial charge in [0.2, 0.25) is 0 Å². The van der Waals surface area contributed by atoms with Crippen molar-refractivity contribution >= 4 is 32.0 Å². The first-order chi connectivity index (χ1) is 9.32. The maximum absolute atomic E-state index is 12.4. The Labute approximate surface area is 121 Å². The van der Waals surface area contributed by atoms with E-state index < -0.39 is 14.9 Å². The Hall–Kier alpha value is -1.19. The van der Waals surface area contributed by atoms with Gasteiger partial charge in [0, 0.05) is 19.7 Å². The van der Waals surface area contributed by atoms with Crippen LogP contribution in [-0.2, 0) is 10.0 Å². The second-order valence-electron chi connectivity index (χ2n) is 5.01. The van der Waals surface area contributed by atoms with Gasteiger partial charge in [0.25, 0.3) is 10.0 Å². The number of hydrogen-bond acceptors (Lipinski definition) is 6. The average Bonchev–Trinajstić information content (AvgIpc) is 2.98. The number of nitrogens with zero attached hydrogens (tertiary/aromatic N) is 2. The van der Waals surface area contributed by atoms with E-state index >= 15 is 0 Å². The SMILES string of the molecule is CN(CC1CCCC1)S(=O)(=O)c1cc([N+](=O)[O-])c(N)s1. The molecule has 0 unspecified atom stereocenters. The van der Waals surface area contributed by atoms with Crippen LogP contribution in [0.15, 0.2) is 10.3 Å². The molecule has 0 saturated heterocycles. The summed E-state index contributed by atoms with van der Waals surface area (Å²) in [6.45, 7) is 0.452. The van der Waals surface area contributed by atoms with Crippen LogP contribution in [0.5, 0.6) is 0 Å². The van der Waals surface area contributed by atoms with Crippen LogP contribution in [-0.4, -0.2) is 31.2 Å². The van der Waals surface area contributed by atoms with Crippen LogP contribution < -0.4 is 5.73 Å². The summed E-state index contributed by atoms with van der Waals surface area (Å²) in [6, 6.07) is 1.04. The minimum atomic E-state index is -3.69. The third-order valence-corrected chi connectivity index (χ3v) is 6.79. The van der Waals surface area contributed by atoms with E-state index in [1.807, 2.05) is 0 Å². The van der Waals surface area contributed by atoms with Crippen LogP contribution in [0.3, 0.4) is 0 Å². The zero-order valence-electron chi connectivity index (χ0n) is 11.1. The number of anilines is 1. The first-order valence-corrected chi connectivity index (χ1v) is 8.58. The molecule has 0 aliphatic heterocycles. The molecule has 0 atom stereocenters. The molecule has 0 radical (unpaired) electrons. The van der Waals surface area contributed by atoms with Crippen LogP contribution in [0.4, 0.5) is 10.7 Å². The monoisotopic (exact) mass is 319 g/mol. The fraction of sp³-hybridized carbons (Fsp3) is 0.636. The van der Waals surface area contributed by atoms with E-state index in [-0.39, 0.29) is 14.9 Å². The summed E-state index contributed by atoms with van der Waals surface area (Å²) in [5.41, 5.74) is 5.15. The minimum absolute atomic E-state index is 0.0674. The van der Waals surface area contributed by atoms with Crippen molar-refractivity contribution in [3.05, 3.63) is 16.2 Å². The standard InChI is InChI=1S/C11H17N3O4S2/c1-13(7-8-4-2-3-5-8)20(17,18)10-6-9(14(15)16)11(12)19-10/h6,8H,2-5,7,12H2,1H3. The van der Waals surface area contributed by atoms with Crippen molar-refractivity contribution in [2.24, 2.45) is 5.92 Å². The van der Waals surface area contributed by atoms with Crippen molar-refractivity contribution in [1.29, 1.82) is 0 Å². The molecule has 0 spiro atoms. The molecular formula is C11H17N3O4S2. The van der Waals surface area contributed by atoms with Crippen LogP contribution in [0.25, 0.3) is 0 Å². The largest absolute Gasteiger partial charge is 0.385 e. The number of hydrogen-bond donors (Lipinski definition) is 1. The van der Waals surface area contributed by atoms with Crippen molar-refractivity contribution in [1.82, 2.24) is 4.31 Å². The molecule has 0 bridgehead atoms. The fourth-order valence-electron chi connectivity index (χ4n) is 2.45. The molecule has 1 aliphatic carbocycles. The van der Waals surface area contributed by atoms with Gasteiger partial charge in [-0.25, -0.2) is 8.42 Å². The van der Waals surface area contributed by atoms with Crippen molar-refractivity contribution in [2.45, 2.75) is 29.9 Å². The Morgan fingerprint density at radius 2 is 2.10 bits per heavy atom.